The van der Waals surface area contributed by atoms with E-state index in [0.29, 0.717) is 10.8 Å². The Morgan fingerprint density at radius 3 is 2.46 bits per heavy atom. The normalized spacial score (nSPS) is 10.7. The van der Waals surface area contributed by atoms with Gasteiger partial charge < -0.3 is 14.6 Å². The van der Waals surface area contributed by atoms with Crippen LogP contribution < -0.4 is 15.4 Å². The van der Waals surface area contributed by atoms with Gasteiger partial charge in [0.05, 0.1) is 17.9 Å². The number of aromatic nitrogens is 2. The Hall–Kier alpha value is -2.86. The van der Waals surface area contributed by atoms with Crippen molar-refractivity contribution in [2.75, 3.05) is 6.61 Å². The Labute approximate surface area is 141 Å². The number of ether oxygens (including phenoxy) is 1. The molecule has 0 spiro atoms. The lowest BCUT2D eigenvalue weighted by Gasteiger charge is -2.12. The van der Waals surface area contributed by atoms with E-state index in [1.165, 1.54) is 6.07 Å². The molecule has 122 valence electrons. The topological polar surface area (TPSA) is 84.2 Å². The van der Waals surface area contributed by atoms with Crippen molar-refractivity contribution in [1.29, 1.82) is 0 Å². The first-order valence-electron chi connectivity index (χ1n) is 7.16. The predicted octanol–water partition coefficient (Wildman–Crippen LogP) is 1.49. The van der Waals surface area contributed by atoms with Gasteiger partial charge in [-0.05, 0) is 30.3 Å². The molecule has 3 rings (SSSR count). The molecule has 0 unspecified atom stereocenters. The van der Waals surface area contributed by atoms with E-state index in [1.807, 2.05) is 0 Å². The lowest BCUT2D eigenvalue weighted by atomic mass is 10.1. The van der Waals surface area contributed by atoms with Crippen LogP contribution in [0.3, 0.4) is 0 Å². The maximum atomic E-state index is 12.4. The van der Waals surface area contributed by atoms with E-state index in [4.69, 9.17) is 16.3 Å². The van der Waals surface area contributed by atoms with Crippen LogP contribution in [0.15, 0.2) is 53.3 Å². The monoisotopic (exact) mass is 343 g/mol. The first-order chi connectivity index (χ1) is 11.6. The second kappa shape index (κ2) is 6.72. The summed E-state index contributed by atoms with van der Waals surface area (Å²) in [5, 5.41) is 16.3. The van der Waals surface area contributed by atoms with Crippen LogP contribution in [0, 0.1) is 0 Å². The summed E-state index contributed by atoms with van der Waals surface area (Å²) >= 11 is 5.79. The highest BCUT2D eigenvalue weighted by Crippen LogP contribution is 2.16. The largest absolute Gasteiger partial charge is 0.543 e. The molecule has 1 aromatic heterocycles. The quantitative estimate of drug-likeness (QED) is 0.700. The van der Waals surface area contributed by atoms with Crippen molar-refractivity contribution < 1.29 is 14.6 Å². The molecule has 1 heterocycles. The number of benzene rings is 2. The molecule has 0 atom stereocenters. The maximum Gasteiger partial charge on any atom is 0.274 e. The van der Waals surface area contributed by atoms with Crippen LogP contribution in [0.5, 0.6) is 5.75 Å². The number of rotatable bonds is 5. The fourth-order valence-corrected chi connectivity index (χ4v) is 2.44. The van der Waals surface area contributed by atoms with Crippen LogP contribution >= 0.6 is 11.6 Å². The van der Waals surface area contributed by atoms with Gasteiger partial charge in [-0.2, -0.15) is 5.10 Å². The molecule has 7 heteroatoms. The van der Waals surface area contributed by atoms with Gasteiger partial charge in [-0.25, -0.2) is 4.68 Å². The van der Waals surface area contributed by atoms with Gasteiger partial charge in [-0.1, -0.05) is 29.8 Å². The van der Waals surface area contributed by atoms with Crippen LogP contribution in [0.4, 0.5) is 0 Å². The van der Waals surface area contributed by atoms with Gasteiger partial charge in [0, 0.05) is 10.4 Å². The highest BCUT2D eigenvalue weighted by molar-refractivity contribution is 6.30. The summed E-state index contributed by atoms with van der Waals surface area (Å²) in [5.41, 5.74) is -0.646. The summed E-state index contributed by atoms with van der Waals surface area (Å²) in [6.45, 7) is 0.256. The first-order valence-corrected chi connectivity index (χ1v) is 7.53. The van der Waals surface area contributed by atoms with Gasteiger partial charge in [-0.3, -0.25) is 4.79 Å². The second-order valence-electron chi connectivity index (χ2n) is 5.01. The molecule has 0 bridgehead atoms. The third kappa shape index (κ3) is 3.23. The Balaban J connectivity index is 1.86. The molecule has 0 aliphatic rings. The van der Waals surface area contributed by atoms with E-state index in [9.17, 15) is 14.7 Å². The number of halogens is 1. The van der Waals surface area contributed by atoms with Crippen LogP contribution in [0.1, 0.15) is 10.5 Å². The van der Waals surface area contributed by atoms with E-state index >= 15 is 0 Å². The average Bonchev–Trinajstić information content (AvgIpc) is 2.58. The first kappa shape index (κ1) is 16.0. The van der Waals surface area contributed by atoms with Crippen molar-refractivity contribution in [2.45, 2.75) is 6.54 Å². The number of aromatic carboxylic acids is 1. The Bertz CT molecular complexity index is 951. The van der Waals surface area contributed by atoms with Crippen molar-refractivity contribution in [1.82, 2.24) is 9.78 Å². The third-order valence-electron chi connectivity index (χ3n) is 3.45. The highest BCUT2D eigenvalue weighted by Gasteiger charge is 2.11. The number of hydrogen-bond acceptors (Lipinski definition) is 5. The maximum absolute atomic E-state index is 12.4. The van der Waals surface area contributed by atoms with Gasteiger partial charge in [0.15, 0.2) is 0 Å². The third-order valence-corrected chi connectivity index (χ3v) is 3.70. The van der Waals surface area contributed by atoms with Crippen molar-refractivity contribution in [3.63, 3.8) is 0 Å². The van der Waals surface area contributed by atoms with Gasteiger partial charge in [0.2, 0.25) is 0 Å². The van der Waals surface area contributed by atoms with E-state index in [1.54, 1.807) is 42.5 Å². The molecule has 3 aromatic rings. The van der Waals surface area contributed by atoms with Crippen molar-refractivity contribution >= 4 is 28.3 Å². The van der Waals surface area contributed by atoms with Gasteiger partial charge in [0.1, 0.15) is 18.1 Å². The van der Waals surface area contributed by atoms with Crippen molar-refractivity contribution in [3.05, 3.63) is 69.6 Å². The fourth-order valence-electron chi connectivity index (χ4n) is 2.32. The van der Waals surface area contributed by atoms with Crippen LogP contribution in [0.25, 0.3) is 10.8 Å². The number of carbonyl (C=O) groups is 1. The van der Waals surface area contributed by atoms with Crippen LogP contribution in [-0.2, 0) is 6.54 Å². The number of carboxylic acids is 1. The fraction of sp³-hybridized carbons (Fsp3) is 0.118. The minimum Gasteiger partial charge on any atom is -0.543 e. The summed E-state index contributed by atoms with van der Waals surface area (Å²) in [5.74, 6) is -0.841. The van der Waals surface area contributed by atoms with Gasteiger partial charge in [0.25, 0.3) is 5.56 Å². The Morgan fingerprint density at radius 2 is 1.79 bits per heavy atom. The Kier molecular flexibility index (Phi) is 4.48. The molecule has 0 amide bonds. The lowest BCUT2D eigenvalue weighted by molar-refractivity contribution is -0.255. The molecule has 0 fully saturated rings. The Morgan fingerprint density at radius 1 is 1.12 bits per heavy atom. The summed E-state index contributed by atoms with van der Waals surface area (Å²) in [7, 11) is 0. The van der Waals surface area contributed by atoms with E-state index < -0.39 is 5.97 Å². The van der Waals surface area contributed by atoms with Crippen LogP contribution in [0.2, 0.25) is 5.02 Å². The predicted molar refractivity (Wildman–Crippen MR) is 87.3 cm³/mol. The molecule has 24 heavy (non-hydrogen) atoms. The molecule has 0 radical (unpaired) electrons. The van der Waals surface area contributed by atoms with Gasteiger partial charge >= 0.3 is 0 Å². The number of carboxylic acid groups (broad SMARTS) is 1. The molecular formula is C17H12ClN2O4-. The average molecular weight is 344 g/mol. The number of nitrogens with zero attached hydrogens (tertiary/aromatic N) is 2. The molecule has 0 aliphatic heterocycles. The zero-order chi connectivity index (χ0) is 17.1. The number of fused-ring (bicyclic) bond motifs is 1. The zero-order valence-electron chi connectivity index (χ0n) is 12.4. The van der Waals surface area contributed by atoms with Crippen molar-refractivity contribution in [2.24, 2.45) is 0 Å². The number of carbonyl (C=O) groups excluding carboxylic acids is 1. The molecule has 0 saturated carbocycles. The molecular weight excluding hydrogens is 332 g/mol. The standard InChI is InChI=1S/C17H13ClN2O4/c18-11-5-7-12(8-6-11)24-10-9-20-16(21)14-4-2-1-3-13(14)15(19-20)17(22)23/h1-8H,9-10H2,(H,22,23)/p-1. The smallest absolute Gasteiger partial charge is 0.274 e. The lowest BCUT2D eigenvalue weighted by Crippen LogP contribution is -2.32. The molecule has 6 nitrogen and oxygen atoms in total. The summed E-state index contributed by atoms with van der Waals surface area (Å²) < 4.78 is 6.58. The minimum atomic E-state index is -1.43. The molecule has 0 N–H and O–H groups in total. The highest BCUT2D eigenvalue weighted by atomic mass is 35.5. The van der Waals surface area contributed by atoms with E-state index in [2.05, 4.69) is 5.10 Å². The SMILES string of the molecule is O=C([O-])c1nn(CCOc2ccc(Cl)cc2)c(=O)c2ccccc12. The van der Waals surface area contributed by atoms with E-state index in [0.717, 1.165) is 4.68 Å². The van der Waals surface area contributed by atoms with Crippen molar-refractivity contribution in [3.8, 4) is 5.75 Å². The summed E-state index contributed by atoms with van der Waals surface area (Å²) in [4.78, 5) is 23.7. The molecule has 2 aromatic carbocycles. The summed E-state index contributed by atoms with van der Waals surface area (Å²) in [6, 6.07) is 13.2. The summed E-state index contributed by atoms with van der Waals surface area (Å²) in [6.07, 6.45) is 0. The molecule has 0 aliphatic carbocycles. The van der Waals surface area contributed by atoms with Crippen LogP contribution in [-0.4, -0.2) is 22.4 Å². The zero-order valence-corrected chi connectivity index (χ0v) is 13.2. The number of hydrogen-bond donors (Lipinski definition) is 0. The molecule has 0 saturated heterocycles. The second-order valence-corrected chi connectivity index (χ2v) is 5.45. The van der Waals surface area contributed by atoms with Gasteiger partial charge in [-0.15, -0.1) is 0 Å². The van der Waals surface area contributed by atoms with E-state index in [-0.39, 0.29) is 35.2 Å². The minimum absolute atomic E-state index is 0.104.